The predicted molar refractivity (Wildman–Crippen MR) is 93.5 cm³/mol. The van der Waals surface area contributed by atoms with Crippen LogP contribution in [0.15, 0.2) is 18.3 Å². The first-order valence-electron chi connectivity index (χ1n) is 8.00. The van der Waals surface area contributed by atoms with Gasteiger partial charge < -0.3 is 4.57 Å². The smallest absolute Gasteiger partial charge is 0.126 e. The molecule has 1 aliphatic rings. The van der Waals surface area contributed by atoms with Crippen LogP contribution in [0, 0.1) is 18.2 Å². The van der Waals surface area contributed by atoms with E-state index in [2.05, 4.69) is 36.3 Å². The van der Waals surface area contributed by atoms with Crippen LogP contribution >= 0.6 is 11.9 Å². The number of rotatable bonds is 5. The fourth-order valence-corrected chi connectivity index (χ4v) is 3.54. The summed E-state index contributed by atoms with van der Waals surface area (Å²) in [7, 11) is 0. The summed E-state index contributed by atoms with van der Waals surface area (Å²) >= 11 is 1.82. The van der Waals surface area contributed by atoms with Gasteiger partial charge in [0.25, 0.3) is 0 Å². The highest BCUT2D eigenvalue weighted by Gasteiger charge is 2.22. The minimum absolute atomic E-state index is 0.114. The van der Waals surface area contributed by atoms with Gasteiger partial charge in [-0.05, 0) is 48.4 Å². The topological polar surface area (TPSA) is 17.0 Å². The average Bonchev–Trinajstić information content (AvgIpc) is 3.17. The quantitative estimate of drug-likeness (QED) is 0.778. The van der Waals surface area contributed by atoms with E-state index in [0.717, 1.165) is 29.2 Å². The first-order valence-corrected chi connectivity index (χ1v) is 8.88. The number of hydrogen-bond acceptors (Lipinski definition) is 2. The molecule has 2 aromatic rings. The van der Waals surface area contributed by atoms with Crippen molar-refractivity contribution >= 4 is 22.9 Å². The summed E-state index contributed by atoms with van der Waals surface area (Å²) in [5.74, 6) is -0.114. The highest BCUT2D eigenvalue weighted by atomic mass is 32.2. The second-order valence-electron chi connectivity index (χ2n) is 7.60. The molecule has 1 aliphatic carbocycles. The Morgan fingerprint density at radius 1 is 1.32 bits per heavy atom. The summed E-state index contributed by atoms with van der Waals surface area (Å²) in [5, 5.41) is 1.82. The molecule has 1 aromatic carbocycles. The van der Waals surface area contributed by atoms with Crippen LogP contribution in [0.2, 0.25) is 0 Å². The maximum absolute atomic E-state index is 14.0. The zero-order valence-electron chi connectivity index (χ0n) is 13.9. The van der Waals surface area contributed by atoms with Crippen molar-refractivity contribution in [3.63, 3.8) is 0 Å². The van der Waals surface area contributed by atoms with Gasteiger partial charge in [0.1, 0.15) is 5.82 Å². The third kappa shape index (κ3) is 3.66. The van der Waals surface area contributed by atoms with Crippen LogP contribution in [0.3, 0.4) is 0 Å². The third-order valence-electron chi connectivity index (χ3n) is 3.93. The third-order valence-corrected chi connectivity index (χ3v) is 5.04. The second kappa shape index (κ2) is 5.89. The Morgan fingerprint density at radius 2 is 2.05 bits per heavy atom. The average molecular weight is 320 g/mol. The Morgan fingerprint density at radius 3 is 2.68 bits per heavy atom. The molecule has 0 bridgehead atoms. The van der Waals surface area contributed by atoms with Crippen molar-refractivity contribution in [3.05, 3.63) is 35.3 Å². The van der Waals surface area contributed by atoms with Gasteiger partial charge in [-0.1, -0.05) is 32.7 Å². The first-order chi connectivity index (χ1) is 10.3. The molecule has 1 aromatic heterocycles. The fraction of sp³-hybridized carbons (Fsp3) is 0.556. The summed E-state index contributed by atoms with van der Waals surface area (Å²) in [6, 6.07) is 3.68. The molecule has 22 heavy (non-hydrogen) atoms. The summed E-state index contributed by atoms with van der Waals surface area (Å²) in [5.41, 5.74) is 3.24. The number of aryl methyl sites for hydroxylation is 1. The van der Waals surface area contributed by atoms with E-state index in [0.29, 0.717) is 5.56 Å². The predicted octanol–water partition coefficient (Wildman–Crippen LogP) is 5.04. The van der Waals surface area contributed by atoms with Gasteiger partial charge in [0.05, 0.1) is 0 Å². The maximum atomic E-state index is 14.0. The molecule has 4 heteroatoms. The molecule has 2 nitrogen and oxygen atoms in total. The van der Waals surface area contributed by atoms with Crippen molar-refractivity contribution in [2.75, 3.05) is 0 Å². The zero-order valence-corrected chi connectivity index (χ0v) is 14.7. The van der Waals surface area contributed by atoms with Gasteiger partial charge in [0.2, 0.25) is 0 Å². The Balaban J connectivity index is 1.93. The molecule has 0 saturated heterocycles. The minimum Gasteiger partial charge on any atom is -0.347 e. The summed E-state index contributed by atoms with van der Waals surface area (Å²) < 4.78 is 19.7. The van der Waals surface area contributed by atoms with E-state index in [1.54, 1.807) is 6.07 Å². The van der Waals surface area contributed by atoms with E-state index in [4.69, 9.17) is 0 Å². The van der Waals surface area contributed by atoms with Crippen molar-refractivity contribution in [2.45, 2.75) is 58.9 Å². The van der Waals surface area contributed by atoms with E-state index in [9.17, 15) is 4.39 Å². The van der Waals surface area contributed by atoms with Crippen LogP contribution in [-0.2, 0) is 13.1 Å². The molecule has 0 amide bonds. The largest absolute Gasteiger partial charge is 0.347 e. The van der Waals surface area contributed by atoms with E-state index in [1.165, 1.54) is 18.4 Å². The summed E-state index contributed by atoms with van der Waals surface area (Å²) in [4.78, 5) is 0. The molecule has 0 radical (unpaired) electrons. The SMILES string of the molecule is Cc1cc2c(cc1F)c(CNSC1CC1)cn2CC(C)(C)C. The fourth-order valence-electron chi connectivity index (χ4n) is 2.69. The number of fused-ring (bicyclic) bond motifs is 1. The van der Waals surface area contributed by atoms with Crippen molar-refractivity contribution in [3.8, 4) is 0 Å². The van der Waals surface area contributed by atoms with E-state index < -0.39 is 0 Å². The molecule has 3 rings (SSSR count). The van der Waals surface area contributed by atoms with Crippen LogP contribution in [0.5, 0.6) is 0 Å². The number of halogens is 1. The Kier molecular flexibility index (Phi) is 4.25. The van der Waals surface area contributed by atoms with Crippen molar-refractivity contribution in [2.24, 2.45) is 5.41 Å². The minimum atomic E-state index is -0.114. The maximum Gasteiger partial charge on any atom is 0.126 e. The molecule has 1 heterocycles. The second-order valence-corrected chi connectivity index (χ2v) is 8.79. The standard InChI is InChI=1S/C18H25FN2S/c1-12-7-17-15(8-16(12)19)13(9-20-22-14-5-6-14)10-21(17)11-18(2,3)4/h7-8,10,14,20H,5-6,9,11H2,1-4H3. The lowest BCUT2D eigenvalue weighted by molar-refractivity contribution is 0.349. The van der Waals surface area contributed by atoms with Gasteiger partial charge in [-0.25, -0.2) is 4.39 Å². The van der Waals surface area contributed by atoms with E-state index in [1.807, 2.05) is 24.9 Å². The molecule has 0 unspecified atom stereocenters. The normalized spacial score (nSPS) is 15.7. The van der Waals surface area contributed by atoms with Gasteiger partial charge in [-0.3, -0.25) is 4.72 Å². The lowest BCUT2D eigenvalue weighted by atomic mass is 9.97. The molecule has 1 fully saturated rings. The van der Waals surface area contributed by atoms with Crippen LogP contribution in [0.1, 0.15) is 44.7 Å². The Labute approximate surface area is 136 Å². The lowest BCUT2D eigenvalue weighted by Crippen LogP contribution is -2.14. The highest BCUT2D eigenvalue weighted by molar-refractivity contribution is 7.98. The van der Waals surface area contributed by atoms with Crippen molar-refractivity contribution in [1.29, 1.82) is 0 Å². The van der Waals surface area contributed by atoms with Crippen molar-refractivity contribution in [1.82, 2.24) is 9.29 Å². The Bertz CT molecular complexity index is 680. The van der Waals surface area contributed by atoms with Crippen LogP contribution < -0.4 is 4.72 Å². The van der Waals surface area contributed by atoms with Crippen LogP contribution in [-0.4, -0.2) is 9.82 Å². The number of benzene rings is 1. The van der Waals surface area contributed by atoms with Crippen LogP contribution in [0.4, 0.5) is 4.39 Å². The van der Waals surface area contributed by atoms with Gasteiger partial charge >= 0.3 is 0 Å². The van der Waals surface area contributed by atoms with Crippen LogP contribution in [0.25, 0.3) is 10.9 Å². The molecular formula is C18H25FN2S. The Hall–Kier alpha value is -1.00. The van der Waals surface area contributed by atoms with Gasteiger partial charge in [0.15, 0.2) is 0 Å². The number of hydrogen-bond donors (Lipinski definition) is 1. The molecule has 0 spiro atoms. The van der Waals surface area contributed by atoms with Crippen molar-refractivity contribution < 1.29 is 4.39 Å². The number of nitrogens with zero attached hydrogens (tertiary/aromatic N) is 1. The molecular weight excluding hydrogens is 295 g/mol. The lowest BCUT2D eigenvalue weighted by Gasteiger charge is -2.20. The summed E-state index contributed by atoms with van der Waals surface area (Å²) in [6.07, 6.45) is 4.82. The molecule has 0 aliphatic heterocycles. The monoisotopic (exact) mass is 320 g/mol. The first kappa shape index (κ1) is 15.9. The zero-order chi connectivity index (χ0) is 15.9. The molecule has 1 N–H and O–H groups in total. The number of nitrogens with one attached hydrogen (secondary N) is 1. The highest BCUT2D eigenvalue weighted by Crippen LogP contribution is 2.33. The van der Waals surface area contributed by atoms with Gasteiger partial charge in [-0.15, -0.1) is 0 Å². The summed E-state index contributed by atoms with van der Waals surface area (Å²) in [6.45, 7) is 10.3. The number of aromatic nitrogens is 1. The van der Waals surface area contributed by atoms with Gasteiger partial charge in [0, 0.05) is 35.4 Å². The van der Waals surface area contributed by atoms with Gasteiger partial charge in [-0.2, -0.15) is 0 Å². The van der Waals surface area contributed by atoms with E-state index >= 15 is 0 Å². The molecule has 1 saturated carbocycles. The molecule has 120 valence electrons. The molecule has 0 atom stereocenters. The van der Waals surface area contributed by atoms with E-state index in [-0.39, 0.29) is 11.2 Å².